The topological polar surface area (TPSA) is 55.5 Å². The van der Waals surface area contributed by atoms with Crippen LogP contribution in [-0.4, -0.2) is 16.4 Å². The van der Waals surface area contributed by atoms with E-state index >= 15 is 0 Å². The Bertz CT molecular complexity index is 551. The number of hydrogen-bond donors (Lipinski definition) is 0. The Kier molecular flexibility index (Phi) is 7.15. The fourth-order valence-electron chi connectivity index (χ4n) is 1.76. The molecule has 0 heterocycles. The van der Waals surface area contributed by atoms with Crippen LogP contribution < -0.4 is 0 Å². The number of thioether (sulfide) groups is 1. The maximum absolute atomic E-state index is 11.2. The zero-order valence-corrected chi connectivity index (χ0v) is 13.8. The molecule has 0 unspecified atom stereocenters. The predicted molar refractivity (Wildman–Crippen MR) is 91.0 cm³/mol. The van der Waals surface area contributed by atoms with Gasteiger partial charge in [-0.05, 0) is 25.0 Å². The van der Waals surface area contributed by atoms with Crippen molar-refractivity contribution in [2.75, 3.05) is 0 Å². The van der Waals surface area contributed by atoms with Crippen LogP contribution in [-0.2, 0) is 0 Å². The van der Waals surface area contributed by atoms with Crippen LogP contribution in [0.25, 0.3) is 0 Å². The third kappa shape index (κ3) is 5.34. The molecule has 4 nitrogen and oxygen atoms in total. The molecule has 0 amide bonds. The summed E-state index contributed by atoms with van der Waals surface area (Å²) < 4.78 is 0. The molecule has 0 aliphatic carbocycles. The Morgan fingerprint density at radius 1 is 1.43 bits per heavy atom. The monoisotopic (exact) mass is 306 g/mol. The van der Waals surface area contributed by atoms with Gasteiger partial charge in [0.05, 0.1) is 10.6 Å². The van der Waals surface area contributed by atoms with Crippen molar-refractivity contribution in [2.24, 2.45) is 4.99 Å². The van der Waals surface area contributed by atoms with E-state index in [2.05, 4.69) is 11.9 Å². The second-order valence-electron chi connectivity index (χ2n) is 5.00. The number of unbranched alkanes of at least 4 members (excludes halogenated alkanes) is 1. The minimum Gasteiger partial charge on any atom is -0.258 e. The van der Waals surface area contributed by atoms with E-state index in [4.69, 9.17) is 0 Å². The Morgan fingerprint density at radius 2 is 2.14 bits per heavy atom. The molecular weight excluding hydrogens is 284 g/mol. The first-order chi connectivity index (χ1) is 9.97. The Hall–Kier alpha value is -1.62. The van der Waals surface area contributed by atoms with E-state index in [0.29, 0.717) is 10.6 Å². The van der Waals surface area contributed by atoms with Crippen LogP contribution in [0.15, 0.2) is 34.2 Å². The van der Waals surface area contributed by atoms with Gasteiger partial charge >= 0.3 is 0 Å². The minimum absolute atomic E-state index is 0.129. The number of hydrogen-bond acceptors (Lipinski definition) is 4. The standard InChI is InChI=1S/C16H22N2O2S/c1-5-6-7-8-11-17-15-13(4)9-10-14(18(19)20)16(15)21-12(2)3/h7-12H,5-6H2,1-4H3/b8-7+,17-11?. The number of nitro groups is 1. The van der Waals surface area contributed by atoms with Gasteiger partial charge < -0.3 is 0 Å². The summed E-state index contributed by atoms with van der Waals surface area (Å²) >= 11 is 1.48. The largest absolute Gasteiger partial charge is 0.285 e. The molecule has 0 N–H and O–H groups in total. The van der Waals surface area contributed by atoms with E-state index < -0.39 is 0 Å². The van der Waals surface area contributed by atoms with Crippen LogP contribution in [0.5, 0.6) is 0 Å². The van der Waals surface area contributed by atoms with Crippen molar-refractivity contribution < 1.29 is 4.92 Å². The van der Waals surface area contributed by atoms with Crippen LogP contribution in [0.4, 0.5) is 11.4 Å². The lowest BCUT2D eigenvalue weighted by atomic mass is 10.2. The molecule has 0 radical (unpaired) electrons. The highest BCUT2D eigenvalue weighted by atomic mass is 32.2. The van der Waals surface area contributed by atoms with E-state index in [9.17, 15) is 10.1 Å². The SMILES string of the molecule is CCC/C=C/C=Nc1c(C)ccc([N+](=O)[O-])c1SC(C)C. The quantitative estimate of drug-likeness (QED) is 0.291. The van der Waals surface area contributed by atoms with E-state index in [0.717, 1.165) is 18.4 Å². The number of aryl methyl sites for hydroxylation is 1. The molecule has 1 aromatic rings. The summed E-state index contributed by atoms with van der Waals surface area (Å²) in [4.78, 5) is 16.0. The smallest absolute Gasteiger partial charge is 0.258 e. The van der Waals surface area contributed by atoms with Crippen molar-refractivity contribution >= 4 is 29.4 Å². The van der Waals surface area contributed by atoms with Gasteiger partial charge in [-0.25, -0.2) is 0 Å². The molecule has 0 saturated carbocycles. The zero-order valence-electron chi connectivity index (χ0n) is 13.0. The molecule has 0 bridgehead atoms. The van der Waals surface area contributed by atoms with Crippen molar-refractivity contribution in [3.8, 4) is 0 Å². The lowest BCUT2D eigenvalue weighted by Gasteiger charge is -2.10. The van der Waals surface area contributed by atoms with Crippen molar-refractivity contribution in [3.05, 3.63) is 40.0 Å². The molecule has 0 spiro atoms. The maximum Gasteiger partial charge on any atom is 0.285 e. The summed E-state index contributed by atoms with van der Waals surface area (Å²) in [5.74, 6) is 0. The number of aliphatic imine (C=N–C) groups is 1. The van der Waals surface area contributed by atoms with Crippen molar-refractivity contribution in [1.82, 2.24) is 0 Å². The van der Waals surface area contributed by atoms with Gasteiger partial charge in [-0.1, -0.05) is 39.3 Å². The maximum atomic E-state index is 11.2. The van der Waals surface area contributed by atoms with E-state index in [-0.39, 0.29) is 15.9 Å². The molecule has 0 atom stereocenters. The summed E-state index contributed by atoms with van der Waals surface area (Å²) in [6, 6.07) is 3.32. The third-order valence-electron chi connectivity index (χ3n) is 2.74. The number of allylic oxidation sites excluding steroid dienone is 2. The summed E-state index contributed by atoms with van der Waals surface area (Å²) in [7, 11) is 0. The Balaban J connectivity index is 3.20. The summed E-state index contributed by atoms with van der Waals surface area (Å²) in [5, 5.41) is 11.5. The first kappa shape index (κ1) is 17.4. The number of rotatable bonds is 7. The average Bonchev–Trinajstić information content (AvgIpc) is 2.40. The fourth-order valence-corrected chi connectivity index (χ4v) is 2.82. The molecular formula is C16H22N2O2S. The molecule has 1 aromatic carbocycles. The fraction of sp³-hybridized carbons (Fsp3) is 0.438. The normalized spacial score (nSPS) is 11.9. The summed E-state index contributed by atoms with van der Waals surface area (Å²) in [6.07, 6.45) is 7.76. The molecule has 0 aromatic heterocycles. The van der Waals surface area contributed by atoms with Crippen LogP contribution in [0.3, 0.4) is 0 Å². The molecule has 114 valence electrons. The van der Waals surface area contributed by atoms with Gasteiger partial charge in [0.25, 0.3) is 5.69 Å². The van der Waals surface area contributed by atoms with Crippen LogP contribution in [0.2, 0.25) is 0 Å². The summed E-state index contributed by atoms with van der Waals surface area (Å²) in [5.41, 5.74) is 1.77. The van der Waals surface area contributed by atoms with Gasteiger partial charge in [0, 0.05) is 17.5 Å². The van der Waals surface area contributed by atoms with Gasteiger partial charge in [0.15, 0.2) is 0 Å². The van der Waals surface area contributed by atoms with Gasteiger partial charge in [-0.15, -0.1) is 11.8 Å². The third-order valence-corrected chi connectivity index (χ3v) is 3.85. The molecule has 0 aliphatic heterocycles. The van der Waals surface area contributed by atoms with E-state index in [1.807, 2.05) is 32.9 Å². The number of benzene rings is 1. The highest BCUT2D eigenvalue weighted by Gasteiger charge is 2.20. The van der Waals surface area contributed by atoms with Crippen molar-refractivity contribution in [3.63, 3.8) is 0 Å². The van der Waals surface area contributed by atoms with Crippen molar-refractivity contribution in [1.29, 1.82) is 0 Å². The van der Waals surface area contributed by atoms with E-state index in [1.165, 1.54) is 11.8 Å². The molecule has 21 heavy (non-hydrogen) atoms. The highest BCUT2D eigenvalue weighted by molar-refractivity contribution is 8.00. The molecule has 0 fully saturated rings. The minimum atomic E-state index is -0.337. The second-order valence-corrected chi connectivity index (χ2v) is 6.58. The van der Waals surface area contributed by atoms with Gasteiger partial charge in [0.2, 0.25) is 0 Å². The number of nitro benzene ring substituents is 1. The second kappa shape index (κ2) is 8.62. The van der Waals surface area contributed by atoms with Crippen LogP contribution in [0, 0.1) is 17.0 Å². The number of nitrogens with zero attached hydrogens (tertiary/aromatic N) is 2. The average molecular weight is 306 g/mol. The Labute approximate surface area is 130 Å². The van der Waals surface area contributed by atoms with Crippen LogP contribution in [0.1, 0.15) is 39.2 Å². The highest BCUT2D eigenvalue weighted by Crippen LogP contribution is 2.41. The Morgan fingerprint density at radius 3 is 2.71 bits per heavy atom. The molecule has 1 rings (SSSR count). The van der Waals surface area contributed by atoms with Crippen LogP contribution >= 0.6 is 11.8 Å². The molecule has 0 aliphatic rings. The molecule has 5 heteroatoms. The van der Waals surface area contributed by atoms with Gasteiger partial charge in [-0.2, -0.15) is 0 Å². The van der Waals surface area contributed by atoms with Crippen molar-refractivity contribution in [2.45, 2.75) is 50.7 Å². The molecule has 0 saturated heterocycles. The zero-order chi connectivity index (χ0) is 15.8. The first-order valence-electron chi connectivity index (χ1n) is 7.11. The predicted octanol–water partition coefficient (Wildman–Crippen LogP) is 5.46. The lowest BCUT2D eigenvalue weighted by Crippen LogP contribution is -1.96. The van der Waals surface area contributed by atoms with Gasteiger partial charge in [-0.3, -0.25) is 15.1 Å². The van der Waals surface area contributed by atoms with Gasteiger partial charge in [0.1, 0.15) is 4.90 Å². The lowest BCUT2D eigenvalue weighted by molar-refractivity contribution is -0.387. The first-order valence-corrected chi connectivity index (χ1v) is 7.99. The summed E-state index contributed by atoms with van der Waals surface area (Å²) in [6.45, 7) is 8.08. The van der Waals surface area contributed by atoms with E-state index in [1.54, 1.807) is 18.3 Å².